The van der Waals surface area contributed by atoms with E-state index in [1.54, 1.807) is 13.8 Å². The lowest BCUT2D eigenvalue weighted by Crippen LogP contribution is -2.59. The van der Waals surface area contributed by atoms with E-state index < -0.39 is 64.5 Å². The molecule has 0 radical (unpaired) electrons. The Kier molecular flexibility index (Phi) is 8.28. The van der Waals surface area contributed by atoms with Gasteiger partial charge in [-0.3, -0.25) is 19.1 Å². The molecule has 0 aliphatic carbocycles. The lowest BCUT2D eigenvalue weighted by molar-refractivity contribution is -0.149. The molecule has 39 heavy (non-hydrogen) atoms. The first-order valence-corrected chi connectivity index (χ1v) is 13.1. The number of fused-ring (bicyclic) bond motifs is 1. The molecule has 1 amide bonds. The Bertz CT molecular complexity index is 1490. The average molecular weight is 559 g/mol. The number of nitrogens with one attached hydrogen (secondary N) is 2. The fraction of sp³-hybridized carbons (Fsp3) is 0.385. The molecule has 1 aliphatic rings. The second-order valence-corrected chi connectivity index (χ2v) is 11.5. The minimum absolute atomic E-state index is 0.549. The molecule has 0 spiro atoms. The summed E-state index contributed by atoms with van der Waals surface area (Å²) >= 11 is 1.42. The van der Waals surface area contributed by atoms with Crippen LogP contribution in [0.2, 0.25) is 0 Å². The van der Waals surface area contributed by atoms with Crippen molar-refractivity contribution >= 4 is 34.4 Å². The SMILES string of the molecule is CC(C)(SCc1ccc2ccccc2c1)[C@H](N)C(=O)N[C@H](C(=O)O)[C@H]1O[C@@H](n2ccc(=O)[nH]c2=O)[C@H](O)[C@@H]1O. The zero-order chi connectivity index (χ0) is 28.5. The van der Waals surface area contributed by atoms with Crippen LogP contribution in [-0.4, -0.2) is 71.9 Å². The van der Waals surface area contributed by atoms with Crippen LogP contribution in [0.1, 0.15) is 25.6 Å². The van der Waals surface area contributed by atoms with Gasteiger partial charge in [-0.15, -0.1) is 11.8 Å². The summed E-state index contributed by atoms with van der Waals surface area (Å²) in [4.78, 5) is 50.6. The van der Waals surface area contributed by atoms with Crippen molar-refractivity contribution in [2.75, 3.05) is 0 Å². The van der Waals surface area contributed by atoms with Gasteiger partial charge in [0.15, 0.2) is 12.3 Å². The number of carbonyl (C=O) groups is 2. The summed E-state index contributed by atoms with van der Waals surface area (Å²) < 4.78 is 5.52. The molecule has 0 saturated carbocycles. The van der Waals surface area contributed by atoms with E-state index in [-0.39, 0.29) is 0 Å². The van der Waals surface area contributed by atoms with Crippen LogP contribution in [0.5, 0.6) is 0 Å². The number of carbonyl (C=O) groups excluding carboxylic acids is 1. The number of thioether (sulfide) groups is 1. The molecule has 13 heteroatoms. The molecule has 2 heterocycles. The van der Waals surface area contributed by atoms with Gasteiger partial charge in [0.05, 0.1) is 6.04 Å². The monoisotopic (exact) mass is 558 g/mol. The summed E-state index contributed by atoms with van der Waals surface area (Å²) in [6, 6.07) is 12.1. The summed E-state index contributed by atoms with van der Waals surface area (Å²) in [5.74, 6) is -1.79. The summed E-state index contributed by atoms with van der Waals surface area (Å²) in [5.41, 5.74) is 5.67. The molecule has 4 rings (SSSR count). The Labute approximate surface area is 226 Å². The maximum Gasteiger partial charge on any atom is 0.330 e. The minimum Gasteiger partial charge on any atom is -0.480 e. The van der Waals surface area contributed by atoms with E-state index in [9.17, 15) is 34.5 Å². The molecule has 0 unspecified atom stereocenters. The summed E-state index contributed by atoms with van der Waals surface area (Å²) in [6.45, 7) is 3.53. The molecule has 2 aromatic carbocycles. The molecule has 208 valence electrons. The van der Waals surface area contributed by atoms with Crippen LogP contribution in [0, 0.1) is 0 Å². The van der Waals surface area contributed by atoms with Crippen LogP contribution in [0.15, 0.2) is 64.3 Å². The number of aromatic nitrogens is 2. The van der Waals surface area contributed by atoms with E-state index in [2.05, 4.69) is 11.4 Å². The molecular weight excluding hydrogens is 528 g/mol. The van der Waals surface area contributed by atoms with Crippen molar-refractivity contribution in [2.45, 2.75) is 61.0 Å². The molecular formula is C26H30N4O8S. The molecule has 1 fully saturated rings. The number of aliphatic carboxylic acids is 1. The third-order valence-electron chi connectivity index (χ3n) is 6.75. The number of amides is 1. The highest BCUT2D eigenvalue weighted by Crippen LogP contribution is 2.33. The number of ether oxygens (including phenoxy) is 1. The third-order valence-corrected chi connectivity index (χ3v) is 8.22. The Morgan fingerprint density at radius 2 is 1.82 bits per heavy atom. The molecule has 1 aromatic heterocycles. The van der Waals surface area contributed by atoms with Crippen molar-refractivity contribution in [1.82, 2.24) is 14.9 Å². The Morgan fingerprint density at radius 3 is 2.49 bits per heavy atom. The van der Waals surface area contributed by atoms with Crippen LogP contribution >= 0.6 is 11.8 Å². The lowest BCUT2D eigenvalue weighted by Gasteiger charge is -2.32. The highest BCUT2D eigenvalue weighted by molar-refractivity contribution is 7.99. The molecule has 1 aliphatic heterocycles. The van der Waals surface area contributed by atoms with Gasteiger partial charge in [-0.05, 0) is 30.2 Å². The number of carboxylic acids is 1. The van der Waals surface area contributed by atoms with Crippen LogP contribution in [0.4, 0.5) is 0 Å². The van der Waals surface area contributed by atoms with Gasteiger partial charge in [0.25, 0.3) is 5.56 Å². The number of aromatic amines is 1. The van der Waals surface area contributed by atoms with E-state index in [4.69, 9.17) is 10.5 Å². The fourth-order valence-electron chi connectivity index (χ4n) is 4.35. The zero-order valence-corrected chi connectivity index (χ0v) is 22.0. The van der Waals surface area contributed by atoms with Crippen molar-refractivity contribution in [3.8, 4) is 0 Å². The van der Waals surface area contributed by atoms with E-state index in [1.165, 1.54) is 11.8 Å². The van der Waals surface area contributed by atoms with E-state index in [0.717, 1.165) is 33.2 Å². The van der Waals surface area contributed by atoms with Gasteiger partial charge in [-0.2, -0.15) is 0 Å². The first-order chi connectivity index (χ1) is 18.4. The predicted octanol–water partition coefficient (Wildman–Crippen LogP) is -0.0823. The smallest absolute Gasteiger partial charge is 0.330 e. The molecule has 6 atom stereocenters. The number of benzene rings is 2. The Balaban J connectivity index is 1.44. The number of hydrogen-bond acceptors (Lipinski definition) is 9. The zero-order valence-electron chi connectivity index (χ0n) is 21.2. The number of aliphatic hydroxyl groups excluding tert-OH is 2. The molecule has 12 nitrogen and oxygen atoms in total. The largest absolute Gasteiger partial charge is 0.480 e. The van der Waals surface area contributed by atoms with Crippen LogP contribution in [0.25, 0.3) is 10.8 Å². The van der Waals surface area contributed by atoms with Crippen LogP contribution in [-0.2, 0) is 20.1 Å². The van der Waals surface area contributed by atoms with Gasteiger partial charge >= 0.3 is 11.7 Å². The highest BCUT2D eigenvalue weighted by atomic mass is 32.2. The second kappa shape index (κ2) is 11.3. The van der Waals surface area contributed by atoms with Crippen molar-refractivity contribution in [1.29, 1.82) is 0 Å². The Morgan fingerprint density at radius 1 is 1.13 bits per heavy atom. The van der Waals surface area contributed by atoms with Gasteiger partial charge in [0.1, 0.15) is 18.3 Å². The number of H-pyrrole nitrogens is 1. The summed E-state index contributed by atoms with van der Waals surface area (Å²) in [5, 5.41) is 35.3. The normalized spacial score (nSPS) is 22.9. The standard InChI is InChI=1S/C26H30N4O8S/c1-26(2,39-12-13-7-8-14-5-3-4-6-15(14)11-13)21(27)22(34)29-17(24(35)36)20-18(32)19(33)23(38-20)30-10-9-16(31)28-25(30)37/h3-11,17-21,23,32-33H,12,27H2,1-2H3,(H,29,34)(H,35,36)(H,28,31,37)/t17-,18-,19+,20+,21+,23+/m0/s1. The molecule has 0 bridgehead atoms. The molecule has 1 saturated heterocycles. The summed E-state index contributed by atoms with van der Waals surface area (Å²) in [7, 11) is 0. The van der Waals surface area contributed by atoms with Gasteiger partial charge in [-0.25, -0.2) is 9.59 Å². The van der Waals surface area contributed by atoms with Crippen molar-refractivity contribution in [2.24, 2.45) is 5.73 Å². The number of carboxylic acid groups (broad SMARTS) is 1. The van der Waals surface area contributed by atoms with Crippen molar-refractivity contribution in [3.05, 3.63) is 81.1 Å². The van der Waals surface area contributed by atoms with Crippen molar-refractivity contribution in [3.63, 3.8) is 0 Å². The van der Waals surface area contributed by atoms with Gasteiger partial charge < -0.3 is 31.1 Å². The number of aliphatic hydroxyl groups is 2. The van der Waals surface area contributed by atoms with E-state index in [1.807, 2.05) is 41.4 Å². The number of rotatable bonds is 9. The van der Waals surface area contributed by atoms with Gasteiger partial charge in [0, 0.05) is 22.8 Å². The van der Waals surface area contributed by atoms with E-state index in [0.29, 0.717) is 5.75 Å². The number of hydrogen-bond donors (Lipinski definition) is 6. The van der Waals surface area contributed by atoms with E-state index >= 15 is 0 Å². The quantitative estimate of drug-likeness (QED) is 0.207. The van der Waals surface area contributed by atoms with Gasteiger partial charge in [-0.1, -0.05) is 42.5 Å². The Hall–Kier alpha value is -3.49. The summed E-state index contributed by atoms with van der Waals surface area (Å²) in [6.07, 6.45) is -5.58. The van der Waals surface area contributed by atoms with Crippen molar-refractivity contribution < 1.29 is 29.6 Å². The highest BCUT2D eigenvalue weighted by Gasteiger charge is 2.50. The third kappa shape index (κ3) is 6.07. The average Bonchev–Trinajstić information content (AvgIpc) is 3.18. The van der Waals surface area contributed by atoms with Gasteiger partial charge in [0.2, 0.25) is 5.91 Å². The molecule has 7 N–H and O–H groups in total. The second-order valence-electron chi connectivity index (χ2n) is 9.87. The number of nitrogens with two attached hydrogens (primary N) is 1. The predicted molar refractivity (Wildman–Crippen MR) is 144 cm³/mol. The maximum atomic E-state index is 13.1. The van der Waals surface area contributed by atoms with Crippen LogP contribution < -0.4 is 22.3 Å². The molecule has 3 aromatic rings. The minimum atomic E-state index is -1.79. The first-order valence-electron chi connectivity index (χ1n) is 12.1. The first kappa shape index (κ1) is 28.5. The lowest BCUT2D eigenvalue weighted by atomic mass is 10.00. The number of nitrogens with zero attached hydrogens (tertiary/aromatic N) is 1. The topological polar surface area (TPSA) is 197 Å². The maximum absolute atomic E-state index is 13.1. The van der Waals surface area contributed by atoms with Crippen LogP contribution in [0.3, 0.4) is 0 Å². The fourth-order valence-corrected chi connectivity index (χ4v) is 5.35.